The van der Waals surface area contributed by atoms with Crippen molar-refractivity contribution in [3.8, 4) is 0 Å². The number of carbonyl (C=O) groups is 1. The highest BCUT2D eigenvalue weighted by molar-refractivity contribution is 6.34. The molecule has 5 rings (SSSR count). The lowest BCUT2D eigenvalue weighted by Crippen LogP contribution is -2.50. The number of pyridine rings is 1. The van der Waals surface area contributed by atoms with Crippen LogP contribution in [0.1, 0.15) is 80.9 Å². The first-order valence-electron chi connectivity index (χ1n) is 10.7. The SMILES string of the molecule is CCC(C)c1cc(Nc2cc(Cl)c3n(c2=O)C2(CCC4(CC4)CC2)NC3=O)ncn1. The number of rotatable bonds is 4. The molecule has 8 heteroatoms. The molecular weight excluding hydrogens is 402 g/mol. The van der Waals surface area contributed by atoms with Crippen LogP contribution in [0.25, 0.3) is 0 Å². The Hall–Kier alpha value is -2.41. The molecule has 30 heavy (non-hydrogen) atoms. The van der Waals surface area contributed by atoms with Crippen LogP contribution in [-0.4, -0.2) is 20.4 Å². The molecule has 0 radical (unpaired) electrons. The van der Waals surface area contributed by atoms with Crippen LogP contribution in [0.5, 0.6) is 0 Å². The third kappa shape index (κ3) is 3.02. The van der Waals surface area contributed by atoms with Crippen LogP contribution in [0, 0.1) is 5.41 Å². The number of fused-ring (bicyclic) bond motifs is 2. The third-order valence-electron chi connectivity index (χ3n) is 7.31. The number of nitrogens with one attached hydrogen (secondary N) is 2. The summed E-state index contributed by atoms with van der Waals surface area (Å²) in [4.78, 5) is 34.8. The van der Waals surface area contributed by atoms with Crippen LogP contribution in [0.4, 0.5) is 11.5 Å². The highest BCUT2D eigenvalue weighted by Gasteiger charge is 2.54. The molecule has 0 aromatic carbocycles. The molecule has 0 bridgehead atoms. The molecule has 1 aliphatic heterocycles. The van der Waals surface area contributed by atoms with Gasteiger partial charge in [-0.2, -0.15) is 0 Å². The first-order valence-corrected chi connectivity index (χ1v) is 11.1. The van der Waals surface area contributed by atoms with Crippen molar-refractivity contribution in [2.75, 3.05) is 5.32 Å². The van der Waals surface area contributed by atoms with E-state index < -0.39 is 5.66 Å². The van der Waals surface area contributed by atoms with E-state index in [2.05, 4.69) is 34.4 Å². The number of hydrogen-bond acceptors (Lipinski definition) is 5. The summed E-state index contributed by atoms with van der Waals surface area (Å²) in [5.41, 5.74) is 1.02. The summed E-state index contributed by atoms with van der Waals surface area (Å²) in [5, 5.41) is 6.48. The van der Waals surface area contributed by atoms with Crippen molar-refractivity contribution < 1.29 is 4.79 Å². The fourth-order valence-corrected chi connectivity index (χ4v) is 5.18. The van der Waals surface area contributed by atoms with Gasteiger partial charge in [0.15, 0.2) is 0 Å². The van der Waals surface area contributed by atoms with Crippen molar-refractivity contribution in [3.63, 3.8) is 0 Å². The van der Waals surface area contributed by atoms with Gasteiger partial charge in [0.25, 0.3) is 11.5 Å². The van der Waals surface area contributed by atoms with E-state index in [9.17, 15) is 9.59 Å². The van der Waals surface area contributed by atoms with Crippen LogP contribution < -0.4 is 16.2 Å². The van der Waals surface area contributed by atoms with E-state index in [1.54, 1.807) is 4.57 Å². The van der Waals surface area contributed by atoms with Crippen LogP contribution in [-0.2, 0) is 5.66 Å². The van der Waals surface area contributed by atoms with Crippen molar-refractivity contribution in [1.29, 1.82) is 0 Å². The maximum absolute atomic E-state index is 13.5. The van der Waals surface area contributed by atoms with Crippen molar-refractivity contribution in [3.05, 3.63) is 45.2 Å². The van der Waals surface area contributed by atoms with Gasteiger partial charge in [-0.15, -0.1) is 0 Å². The molecule has 2 N–H and O–H groups in total. The normalized spacial score (nSPS) is 21.4. The van der Waals surface area contributed by atoms with Gasteiger partial charge >= 0.3 is 0 Å². The predicted octanol–water partition coefficient (Wildman–Crippen LogP) is 4.30. The van der Waals surface area contributed by atoms with Crippen LogP contribution >= 0.6 is 11.6 Å². The Morgan fingerprint density at radius 3 is 2.53 bits per heavy atom. The molecule has 2 fully saturated rings. The largest absolute Gasteiger partial charge is 0.336 e. The second-order valence-electron chi connectivity index (χ2n) is 9.14. The smallest absolute Gasteiger partial charge is 0.276 e. The number of nitrogens with zero attached hydrogens (tertiary/aromatic N) is 3. The zero-order valence-corrected chi connectivity index (χ0v) is 18.1. The van der Waals surface area contributed by atoms with Gasteiger partial charge in [0, 0.05) is 11.8 Å². The number of carbonyl (C=O) groups excluding carboxylic acids is 1. The summed E-state index contributed by atoms with van der Waals surface area (Å²) in [6.45, 7) is 4.20. The highest BCUT2D eigenvalue weighted by Crippen LogP contribution is 2.59. The van der Waals surface area contributed by atoms with Gasteiger partial charge in [-0.1, -0.05) is 25.4 Å². The molecule has 2 aromatic rings. The van der Waals surface area contributed by atoms with Gasteiger partial charge in [-0.3, -0.25) is 14.2 Å². The number of hydrogen-bond donors (Lipinski definition) is 2. The summed E-state index contributed by atoms with van der Waals surface area (Å²) < 4.78 is 1.60. The first-order chi connectivity index (χ1) is 14.4. The van der Waals surface area contributed by atoms with Gasteiger partial charge in [0.2, 0.25) is 0 Å². The zero-order chi connectivity index (χ0) is 21.1. The third-order valence-corrected chi connectivity index (χ3v) is 7.59. The molecular formula is C22H26ClN5O2. The Labute approximate surface area is 180 Å². The molecule has 3 aliphatic rings. The van der Waals surface area contributed by atoms with Gasteiger partial charge in [0.1, 0.15) is 29.2 Å². The number of amides is 1. The van der Waals surface area contributed by atoms with E-state index in [0.717, 1.165) is 37.8 Å². The second-order valence-corrected chi connectivity index (χ2v) is 9.55. The Bertz CT molecular complexity index is 1080. The van der Waals surface area contributed by atoms with E-state index in [1.165, 1.54) is 25.2 Å². The quantitative estimate of drug-likeness (QED) is 0.759. The Morgan fingerprint density at radius 2 is 1.87 bits per heavy atom. The van der Waals surface area contributed by atoms with Crippen LogP contribution in [0.2, 0.25) is 5.02 Å². The van der Waals surface area contributed by atoms with E-state index in [4.69, 9.17) is 11.6 Å². The van der Waals surface area contributed by atoms with E-state index in [1.807, 2.05) is 6.07 Å². The van der Waals surface area contributed by atoms with Crippen molar-refractivity contribution in [2.45, 2.75) is 70.4 Å². The fraction of sp³-hybridized carbons (Fsp3) is 0.545. The molecule has 1 amide bonds. The minimum Gasteiger partial charge on any atom is -0.336 e. The first kappa shape index (κ1) is 19.5. The van der Waals surface area contributed by atoms with Gasteiger partial charge < -0.3 is 10.6 Å². The zero-order valence-electron chi connectivity index (χ0n) is 17.3. The lowest BCUT2D eigenvalue weighted by atomic mass is 9.79. The molecule has 2 aliphatic carbocycles. The van der Waals surface area contributed by atoms with E-state index in [-0.39, 0.29) is 22.2 Å². The molecule has 2 spiro atoms. The summed E-state index contributed by atoms with van der Waals surface area (Å²) in [7, 11) is 0. The van der Waals surface area contributed by atoms with E-state index in [0.29, 0.717) is 22.8 Å². The fourth-order valence-electron chi connectivity index (χ4n) is 4.90. The Kier molecular flexibility index (Phi) is 4.43. The number of aromatic nitrogens is 3. The van der Waals surface area contributed by atoms with Crippen molar-refractivity contribution in [2.24, 2.45) is 5.41 Å². The number of halogens is 1. The van der Waals surface area contributed by atoms with E-state index >= 15 is 0 Å². The van der Waals surface area contributed by atoms with Gasteiger partial charge in [0.05, 0.1) is 5.02 Å². The average molecular weight is 428 g/mol. The highest BCUT2D eigenvalue weighted by atomic mass is 35.5. The molecule has 2 aromatic heterocycles. The minimum absolute atomic E-state index is 0.247. The maximum atomic E-state index is 13.5. The topological polar surface area (TPSA) is 88.9 Å². The van der Waals surface area contributed by atoms with Crippen molar-refractivity contribution >= 4 is 29.0 Å². The molecule has 1 unspecified atom stereocenters. The molecule has 158 valence electrons. The summed E-state index contributed by atoms with van der Waals surface area (Å²) in [6.07, 6.45) is 8.55. The van der Waals surface area contributed by atoms with Crippen molar-refractivity contribution in [1.82, 2.24) is 19.9 Å². The molecule has 1 atom stereocenters. The second kappa shape index (κ2) is 6.80. The summed E-state index contributed by atoms with van der Waals surface area (Å²) in [5.74, 6) is 0.567. The molecule has 0 saturated heterocycles. The standard InChI is InChI=1S/C22H26ClN5O2/c1-3-13(2)15-11-17(25-12-24-15)26-16-10-14(23)18-19(29)27-22(28(18)20(16)30)8-6-21(4-5-21)7-9-22/h10-13H,3-9H2,1-2H3,(H,27,29)(H,24,25,26). The summed E-state index contributed by atoms with van der Waals surface area (Å²) in [6, 6.07) is 3.39. The maximum Gasteiger partial charge on any atom is 0.276 e. The predicted molar refractivity (Wildman–Crippen MR) is 115 cm³/mol. The Balaban J connectivity index is 1.53. The summed E-state index contributed by atoms with van der Waals surface area (Å²) >= 11 is 6.49. The van der Waals surface area contributed by atoms with Crippen LogP contribution in [0.15, 0.2) is 23.3 Å². The lowest BCUT2D eigenvalue weighted by molar-refractivity contribution is 0.0822. The Morgan fingerprint density at radius 1 is 1.17 bits per heavy atom. The molecule has 3 heterocycles. The molecule has 7 nitrogen and oxygen atoms in total. The van der Waals surface area contributed by atoms with Gasteiger partial charge in [-0.25, -0.2) is 9.97 Å². The average Bonchev–Trinajstić information content (AvgIpc) is 3.44. The molecule has 2 saturated carbocycles. The van der Waals surface area contributed by atoms with Crippen LogP contribution in [0.3, 0.4) is 0 Å². The van der Waals surface area contributed by atoms with Gasteiger partial charge in [-0.05, 0) is 62.3 Å². The monoisotopic (exact) mass is 427 g/mol. The number of anilines is 2. The minimum atomic E-state index is -0.674. The lowest BCUT2D eigenvalue weighted by Gasteiger charge is -2.38.